The van der Waals surface area contributed by atoms with Gasteiger partial charge in [0, 0.05) is 0 Å². The van der Waals surface area contributed by atoms with Gasteiger partial charge >= 0.3 is 0 Å². The Kier molecular flexibility index (Phi) is 3.68. The quantitative estimate of drug-likeness (QED) is 0.616. The van der Waals surface area contributed by atoms with Crippen molar-refractivity contribution in [2.75, 3.05) is 0 Å². The first kappa shape index (κ1) is 11.4. The van der Waals surface area contributed by atoms with E-state index < -0.39 is 11.2 Å². The van der Waals surface area contributed by atoms with Gasteiger partial charge in [0.25, 0.3) is 0 Å². The number of rotatable bonds is 5. The van der Waals surface area contributed by atoms with Gasteiger partial charge in [0.15, 0.2) is 0 Å². The predicted octanol–water partition coefficient (Wildman–Crippen LogP) is 1.64. The molecule has 0 rings (SSSR count). The smallest absolute Gasteiger partial charge is 0.0939 e. The van der Waals surface area contributed by atoms with Crippen LogP contribution in [0.25, 0.3) is 0 Å². The van der Waals surface area contributed by atoms with Crippen LogP contribution in [0.15, 0.2) is 25.3 Å². The first-order chi connectivity index (χ1) is 5.37. The van der Waals surface area contributed by atoms with Gasteiger partial charge in [-0.1, -0.05) is 12.2 Å². The lowest BCUT2D eigenvalue weighted by Crippen LogP contribution is -2.49. The Morgan fingerprint density at radius 2 is 1.25 bits per heavy atom. The highest BCUT2D eigenvalue weighted by Gasteiger charge is 2.39. The Morgan fingerprint density at radius 1 is 1.00 bits per heavy atom. The van der Waals surface area contributed by atoms with Crippen LogP contribution in [-0.2, 0) is 0 Å². The molecule has 0 amide bonds. The molecule has 2 atom stereocenters. The van der Waals surface area contributed by atoms with Gasteiger partial charge in [0.05, 0.1) is 11.2 Å². The standard InChI is InChI=1S/C10H18O2/c1-5-7-9(3,11)10(4,12)8-6-2/h5-6,11-12H,1-2,7-8H2,3-4H3/t9-,10?/m1/s1. The van der Waals surface area contributed by atoms with Gasteiger partial charge in [-0.05, 0) is 26.7 Å². The van der Waals surface area contributed by atoms with Crippen LogP contribution in [0, 0.1) is 0 Å². The van der Waals surface area contributed by atoms with Crippen LogP contribution in [0.2, 0.25) is 0 Å². The predicted molar refractivity (Wildman–Crippen MR) is 50.9 cm³/mol. The molecule has 0 fully saturated rings. The Bertz CT molecular complexity index is 149. The summed E-state index contributed by atoms with van der Waals surface area (Å²) in [5, 5.41) is 19.6. The first-order valence-corrected chi connectivity index (χ1v) is 4.04. The molecule has 0 bridgehead atoms. The summed E-state index contributed by atoms with van der Waals surface area (Å²) in [4.78, 5) is 0. The Labute approximate surface area is 74.2 Å². The first-order valence-electron chi connectivity index (χ1n) is 4.04. The molecule has 0 aliphatic carbocycles. The normalized spacial score (nSPS) is 20.7. The minimum Gasteiger partial charge on any atom is -0.387 e. The van der Waals surface area contributed by atoms with Crippen molar-refractivity contribution in [3.05, 3.63) is 25.3 Å². The van der Waals surface area contributed by atoms with Gasteiger partial charge in [-0.15, -0.1) is 13.2 Å². The fourth-order valence-corrected chi connectivity index (χ4v) is 1.00. The van der Waals surface area contributed by atoms with E-state index in [4.69, 9.17) is 0 Å². The van der Waals surface area contributed by atoms with E-state index in [-0.39, 0.29) is 0 Å². The maximum Gasteiger partial charge on any atom is 0.0939 e. The topological polar surface area (TPSA) is 40.5 Å². The van der Waals surface area contributed by atoms with Crippen molar-refractivity contribution < 1.29 is 10.2 Å². The van der Waals surface area contributed by atoms with E-state index in [1.165, 1.54) is 0 Å². The summed E-state index contributed by atoms with van der Waals surface area (Å²) in [7, 11) is 0. The molecule has 2 N–H and O–H groups in total. The van der Waals surface area contributed by atoms with Gasteiger partial charge in [0.1, 0.15) is 0 Å². The second-order valence-electron chi connectivity index (χ2n) is 3.53. The van der Waals surface area contributed by atoms with Gasteiger partial charge in [0.2, 0.25) is 0 Å². The van der Waals surface area contributed by atoms with Gasteiger partial charge in [-0.25, -0.2) is 0 Å². The van der Waals surface area contributed by atoms with Crippen molar-refractivity contribution in [1.29, 1.82) is 0 Å². The number of hydrogen-bond donors (Lipinski definition) is 2. The van der Waals surface area contributed by atoms with Crippen molar-refractivity contribution in [2.24, 2.45) is 0 Å². The summed E-state index contributed by atoms with van der Waals surface area (Å²) in [6, 6.07) is 0. The van der Waals surface area contributed by atoms with Crippen LogP contribution in [0.5, 0.6) is 0 Å². The van der Waals surface area contributed by atoms with E-state index in [2.05, 4.69) is 13.2 Å². The maximum atomic E-state index is 9.80. The van der Waals surface area contributed by atoms with Crippen LogP contribution < -0.4 is 0 Å². The molecule has 70 valence electrons. The van der Waals surface area contributed by atoms with Crippen LogP contribution >= 0.6 is 0 Å². The third-order valence-corrected chi connectivity index (χ3v) is 2.24. The third kappa shape index (κ3) is 2.47. The molecule has 0 spiro atoms. The average molecular weight is 170 g/mol. The molecule has 2 heteroatoms. The molecule has 0 aliphatic heterocycles. The van der Waals surface area contributed by atoms with E-state index >= 15 is 0 Å². The third-order valence-electron chi connectivity index (χ3n) is 2.24. The highest BCUT2D eigenvalue weighted by Crippen LogP contribution is 2.28. The van der Waals surface area contributed by atoms with Crippen molar-refractivity contribution in [2.45, 2.75) is 37.9 Å². The summed E-state index contributed by atoms with van der Waals surface area (Å²) in [6.45, 7) is 10.2. The Balaban J connectivity index is 4.48. The van der Waals surface area contributed by atoms with Gasteiger partial charge in [-0.2, -0.15) is 0 Å². The number of hydrogen-bond acceptors (Lipinski definition) is 2. The lowest BCUT2D eigenvalue weighted by Gasteiger charge is -2.37. The fourth-order valence-electron chi connectivity index (χ4n) is 1.00. The zero-order valence-corrected chi connectivity index (χ0v) is 7.88. The summed E-state index contributed by atoms with van der Waals surface area (Å²) in [5.74, 6) is 0. The molecule has 12 heavy (non-hydrogen) atoms. The van der Waals surface area contributed by atoms with Crippen LogP contribution in [0.1, 0.15) is 26.7 Å². The Hall–Kier alpha value is -0.600. The van der Waals surface area contributed by atoms with E-state index in [1.54, 1.807) is 26.0 Å². The second kappa shape index (κ2) is 3.87. The zero-order valence-electron chi connectivity index (χ0n) is 7.88. The summed E-state index contributed by atoms with van der Waals surface area (Å²) in [6.07, 6.45) is 3.93. The molecule has 0 aromatic heterocycles. The van der Waals surface area contributed by atoms with Crippen LogP contribution in [0.4, 0.5) is 0 Å². The van der Waals surface area contributed by atoms with Gasteiger partial charge < -0.3 is 10.2 Å². The summed E-state index contributed by atoms with van der Waals surface area (Å²) in [5.41, 5.74) is -2.27. The summed E-state index contributed by atoms with van der Waals surface area (Å²) < 4.78 is 0. The molecule has 0 aromatic rings. The molecule has 2 nitrogen and oxygen atoms in total. The average Bonchev–Trinajstić information content (AvgIpc) is 1.86. The largest absolute Gasteiger partial charge is 0.387 e. The second-order valence-corrected chi connectivity index (χ2v) is 3.53. The van der Waals surface area contributed by atoms with Crippen molar-refractivity contribution in [3.8, 4) is 0 Å². The Morgan fingerprint density at radius 3 is 1.42 bits per heavy atom. The minimum absolute atomic E-state index is 0.369. The van der Waals surface area contributed by atoms with E-state index in [0.717, 1.165) is 0 Å². The summed E-state index contributed by atoms with van der Waals surface area (Å²) >= 11 is 0. The van der Waals surface area contributed by atoms with E-state index in [1.807, 2.05) is 0 Å². The lowest BCUT2D eigenvalue weighted by molar-refractivity contribution is -0.126. The van der Waals surface area contributed by atoms with Crippen molar-refractivity contribution in [3.63, 3.8) is 0 Å². The van der Waals surface area contributed by atoms with Crippen LogP contribution in [-0.4, -0.2) is 21.4 Å². The highest BCUT2D eigenvalue weighted by atomic mass is 16.4. The van der Waals surface area contributed by atoms with Crippen molar-refractivity contribution >= 4 is 0 Å². The molecule has 0 saturated carbocycles. The molecule has 0 heterocycles. The SMILES string of the molecule is C=CCC(C)(O)[C@](C)(O)CC=C. The maximum absolute atomic E-state index is 9.80. The monoisotopic (exact) mass is 170 g/mol. The van der Waals surface area contributed by atoms with Crippen LogP contribution in [0.3, 0.4) is 0 Å². The van der Waals surface area contributed by atoms with Crippen molar-refractivity contribution in [1.82, 2.24) is 0 Å². The zero-order chi connectivity index (χ0) is 9.83. The molecule has 0 saturated heterocycles. The minimum atomic E-state index is -1.14. The molecule has 0 aliphatic rings. The van der Waals surface area contributed by atoms with Gasteiger partial charge in [-0.3, -0.25) is 0 Å². The van der Waals surface area contributed by atoms with E-state index in [9.17, 15) is 10.2 Å². The lowest BCUT2D eigenvalue weighted by atomic mass is 9.81. The molecule has 1 unspecified atom stereocenters. The van der Waals surface area contributed by atoms with E-state index in [0.29, 0.717) is 12.8 Å². The highest BCUT2D eigenvalue weighted by molar-refractivity contribution is 5.00. The molecular formula is C10H18O2. The molecular weight excluding hydrogens is 152 g/mol. The fraction of sp³-hybridized carbons (Fsp3) is 0.600. The number of aliphatic hydroxyl groups is 2. The molecule has 0 aromatic carbocycles. The molecule has 0 radical (unpaired) electrons.